The molecule has 2 aromatic carbocycles. The first-order valence-electron chi connectivity index (χ1n) is 11.9. The predicted octanol–water partition coefficient (Wildman–Crippen LogP) is 3.23. The highest BCUT2D eigenvalue weighted by atomic mass is 79.9. The minimum Gasteiger partial charge on any atom is -0.370 e. The molecule has 2 spiro atoms. The number of guanidine groups is 2. The molecule has 6 N–H and O–H groups in total. The molecule has 0 bridgehead atoms. The average Bonchev–Trinajstić information content (AvgIpc) is 3.56. The summed E-state index contributed by atoms with van der Waals surface area (Å²) < 4.78 is 1.77. The monoisotopic (exact) mass is 636 g/mol. The van der Waals surface area contributed by atoms with Crippen molar-refractivity contribution < 1.29 is 9.59 Å². The number of amides is 2. The zero-order valence-electron chi connectivity index (χ0n) is 20.3. The van der Waals surface area contributed by atoms with Crippen LogP contribution in [0.25, 0.3) is 21.8 Å². The number of benzene rings is 2. The molecule has 1 aliphatic carbocycles. The molecule has 2 aliphatic heterocycles. The second kappa shape index (κ2) is 7.48. The number of hydrogen-bond acceptors (Lipinski definition) is 5. The highest BCUT2D eigenvalue weighted by Gasteiger charge is 2.71. The molecule has 2 aromatic heterocycles. The van der Waals surface area contributed by atoms with E-state index < -0.39 is 17.0 Å². The summed E-state index contributed by atoms with van der Waals surface area (Å²) in [6.07, 6.45) is 2.07. The van der Waals surface area contributed by atoms with Crippen molar-refractivity contribution in [2.24, 2.45) is 10.7 Å². The van der Waals surface area contributed by atoms with Crippen LogP contribution in [0.4, 0.5) is 0 Å². The summed E-state index contributed by atoms with van der Waals surface area (Å²) in [6.45, 7) is 0. The fourth-order valence-electron chi connectivity index (χ4n) is 6.75. The summed E-state index contributed by atoms with van der Waals surface area (Å²) in [6, 6.07) is 11.7. The van der Waals surface area contributed by atoms with Gasteiger partial charge >= 0.3 is 0 Å². The van der Waals surface area contributed by atoms with Gasteiger partial charge in [0.15, 0.2) is 17.0 Å². The number of nitrogens with zero attached hydrogens (tertiary/aromatic N) is 3. The number of hydrogen-bond donors (Lipinski definition) is 5. The van der Waals surface area contributed by atoms with Gasteiger partial charge in [0, 0.05) is 57.5 Å². The lowest BCUT2D eigenvalue weighted by molar-refractivity contribution is -0.137. The van der Waals surface area contributed by atoms with Crippen LogP contribution in [-0.2, 0) is 21.5 Å². The molecular weight excluding hydrogens is 616 g/mol. The van der Waals surface area contributed by atoms with Crippen LogP contribution in [0.2, 0.25) is 0 Å². The Kier molecular flexibility index (Phi) is 4.62. The first-order valence-corrected chi connectivity index (χ1v) is 13.5. The van der Waals surface area contributed by atoms with E-state index in [0.717, 1.165) is 41.9 Å². The third-order valence-electron chi connectivity index (χ3n) is 8.33. The van der Waals surface area contributed by atoms with Crippen molar-refractivity contribution in [1.29, 1.82) is 5.41 Å². The summed E-state index contributed by atoms with van der Waals surface area (Å²) in [5.74, 6) is -1.47. The van der Waals surface area contributed by atoms with Crippen LogP contribution in [0.3, 0.4) is 0 Å². The Balaban J connectivity index is 1.66. The number of aromatic nitrogens is 2. The molecule has 1 saturated heterocycles. The van der Waals surface area contributed by atoms with Crippen molar-refractivity contribution in [1.82, 2.24) is 25.1 Å². The van der Waals surface area contributed by atoms with Crippen LogP contribution in [0.1, 0.15) is 22.7 Å². The molecule has 38 heavy (non-hydrogen) atoms. The first-order chi connectivity index (χ1) is 18.1. The average molecular weight is 638 g/mol. The SMILES string of the molecule is CN1C(=N)N(C)[C@@]2(C1=O)c1[nH]c3cc(Br)ccc3c1C[C@]1(N=C(N)NC1=O)[C@@H]2c1c[nH]c2cc(Br)ccc12. The zero-order chi connectivity index (χ0) is 26.7. The molecule has 192 valence electrons. The van der Waals surface area contributed by atoms with Gasteiger partial charge in [0.25, 0.3) is 11.8 Å². The summed E-state index contributed by atoms with van der Waals surface area (Å²) in [7, 11) is 3.32. The van der Waals surface area contributed by atoms with Gasteiger partial charge in [-0.05, 0) is 35.4 Å². The molecule has 0 radical (unpaired) electrons. The topological polar surface area (TPSA) is 146 Å². The van der Waals surface area contributed by atoms with Gasteiger partial charge in [-0.2, -0.15) is 0 Å². The molecule has 0 unspecified atom stereocenters. The van der Waals surface area contributed by atoms with Crippen LogP contribution >= 0.6 is 31.9 Å². The Hall–Kier alpha value is -3.64. The van der Waals surface area contributed by atoms with E-state index in [1.54, 1.807) is 19.0 Å². The number of H-pyrrole nitrogens is 2. The minimum atomic E-state index is -1.47. The highest BCUT2D eigenvalue weighted by Crippen LogP contribution is 2.60. The van der Waals surface area contributed by atoms with Crippen LogP contribution in [-0.4, -0.2) is 63.1 Å². The van der Waals surface area contributed by atoms with Crippen LogP contribution in [0.5, 0.6) is 0 Å². The molecule has 0 saturated carbocycles. The summed E-state index contributed by atoms with van der Waals surface area (Å²) in [5.41, 5.74) is 7.12. The lowest BCUT2D eigenvalue weighted by atomic mass is 9.58. The first kappa shape index (κ1) is 23.5. The molecule has 2 amide bonds. The number of nitrogens with two attached hydrogens (primary N) is 1. The van der Waals surface area contributed by atoms with E-state index in [2.05, 4.69) is 47.1 Å². The van der Waals surface area contributed by atoms with Gasteiger partial charge in [-0.15, -0.1) is 0 Å². The van der Waals surface area contributed by atoms with Crippen molar-refractivity contribution in [3.63, 3.8) is 0 Å². The highest BCUT2D eigenvalue weighted by molar-refractivity contribution is 9.10. The number of halogens is 2. The van der Waals surface area contributed by atoms with E-state index in [1.165, 1.54) is 4.90 Å². The molecule has 1 fully saturated rings. The lowest BCUT2D eigenvalue weighted by Crippen LogP contribution is -2.63. The van der Waals surface area contributed by atoms with E-state index in [9.17, 15) is 9.59 Å². The number of aromatic amines is 2. The maximum atomic E-state index is 14.5. The molecule has 12 heteroatoms. The molecule has 4 aromatic rings. The largest absolute Gasteiger partial charge is 0.370 e. The summed E-state index contributed by atoms with van der Waals surface area (Å²) >= 11 is 7.07. The number of carbonyl (C=O) groups is 2. The number of rotatable bonds is 1. The Morgan fingerprint density at radius 3 is 2.39 bits per heavy atom. The number of fused-ring (bicyclic) bond motifs is 5. The van der Waals surface area contributed by atoms with Crippen LogP contribution < -0.4 is 11.1 Å². The van der Waals surface area contributed by atoms with Crippen LogP contribution in [0, 0.1) is 5.41 Å². The zero-order valence-corrected chi connectivity index (χ0v) is 23.5. The second-order valence-electron chi connectivity index (χ2n) is 10.1. The predicted molar refractivity (Wildman–Crippen MR) is 151 cm³/mol. The van der Waals surface area contributed by atoms with Crippen molar-refractivity contribution >= 4 is 77.4 Å². The molecule has 10 nitrogen and oxygen atoms in total. The van der Waals surface area contributed by atoms with Gasteiger partial charge in [0.05, 0.1) is 11.6 Å². The number of nitrogens with one attached hydrogen (secondary N) is 4. The Morgan fingerprint density at radius 2 is 1.76 bits per heavy atom. The van der Waals surface area contributed by atoms with E-state index in [0.29, 0.717) is 5.69 Å². The van der Waals surface area contributed by atoms with Crippen molar-refractivity contribution in [2.75, 3.05) is 14.1 Å². The van der Waals surface area contributed by atoms with E-state index >= 15 is 0 Å². The summed E-state index contributed by atoms with van der Waals surface area (Å²) in [4.78, 5) is 43.1. The van der Waals surface area contributed by atoms with Gasteiger partial charge in [-0.1, -0.05) is 44.0 Å². The van der Waals surface area contributed by atoms with Gasteiger partial charge in [-0.3, -0.25) is 25.2 Å². The molecular formula is C26H22Br2N8O2. The molecule has 7 rings (SSSR count). The minimum absolute atomic E-state index is 0.0142. The quantitative estimate of drug-likeness (QED) is 0.218. The smallest absolute Gasteiger partial charge is 0.261 e. The lowest BCUT2D eigenvalue weighted by Gasteiger charge is -2.49. The Morgan fingerprint density at radius 1 is 1.08 bits per heavy atom. The maximum absolute atomic E-state index is 14.5. The van der Waals surface area contributed by atoms with Crippen molar-refractivity contribution in [3.05, 3.63) is 68.4 Å². The Labute approximate surface area is 233 Å². The molecule has 4 heterocycles. The third kappa shape index (κ3) is 2.66. The van der Waals surface area contributed by atoms with E-state index in [4.69, 9.17) is 16.1 Å². The standard InChI is InChI=1S/C26H22Br2N8O2/c1-35-22(38)26(36(2)24(35)30)19(16-10-31-17-7-11(27)4-6-14(16)17)25(21(37)33-23(29)34-25)9-15-13-5-3-12(28)8-18(13)32-20(15)26/h3-8,10,19,30-32H,9H2,1-2H3,(H3,29,33,34,37)/t19-,25-,26+/m0/s1. The Bertz CT molecular complexity index is 1790. The van der Waals surface area contributed by atoms with Gasteiger partial charge < -0.3 is 20.6 Å². The van der Waals surface area contributed by atoms with Crippen LogP contribution in [0.15, 0.2) is 56.5 Å². The number of likely N-dealkylation sites (N-methyl/N-ethyl adjacent to an activating group) is 2. The third-order valence-corrected chi connectivity index (χ3v) is 9.31. The van der Waals surface area contributed by atoms with E-state index in [-0.39, 0.29) is 30.2 Å². The fraction of sp³-hybridized carbons (Fsp3) is 0.231. The number of carbonyl (C=O) groups excluding carboxylic acids is 2. The maximum Gasteiger partial charge on any atom is 0.261 e. The second-order valence-corrected chi connectivity index (χ2v) is 11.9. The number of aliphatic imine (C=N–C) groups is 1. The molecule has 3 atom stereocenters. The summed E-state index contributed by atoms with van der Waals surface area (Å²) in [5, 5.41) is 13.3. The van der Waals surface area contributed by atoms with Crippen molar-refractivity contribution in [3.8, 4) is 0 Å². The fourth-order valence-corrected chi connectivity index (χ4v) is 7.48. The van der Waals surface area contributed by atoms with Gasteiger partial charge in [0.1, 0.15) is 0 Å². The van der Waals surface area contributed by atoms with E-state index in [1.807, 2.05) is 42.6 Å². The van der Waals surface area contributed by atoms with Gasteiger partial charge in [-0.25, -0.2) is 4.99 Å². The van der Waals surface area contributed by atoms with Gasteiger partial charge in [0.2, 0.25) is 5.96 Å². The normalized spacial score (nSPS) is 26.8. The molecule has 3 aliphatic rings. The van der Waals surface area contributed by atoms with Crippen molar-refractivity contribution in [2.45, 2.75) is 23.4 Å².